The van der Waals surface area contributed by atoms with E-state index in [1.807, 2.05) is 12.1 Å². The predicted molar refractivity (Wildman–Crippen MR) is 138 cm³/mol. The van der Waals surface area contributed by atoms with Gasteiger partial charge in [0.15, 0.2) is 11.3 Å². The Labute approximate surface area is 226 Å². The van der Waals surface area contributed by atoms with Gasteiger partial charge >= 0.3 is 6.18 Å². The summed E-state index contributed by atoms with van der Waals surface area (Å²) in [6.45, 7) is 2.62. The third-order valence-electron chi connectivity index (χ3n) is 6.43. The number of amides is 1. The molecule has 5 rings (SSSR count). The van der Waals surface area contributed by atoms with Crippen LogP contribution in [0.15, 0.2) is 54.7 Å². The van der Waals surface area contributed by atoms with E-state index in [9.17, 15) is 18.0 Å². The second-order valence-corrected chi connectivity index (χ2v) is 9.68. The van der Waals surface area contributed by atoms with Crippen LogP contribution in [0.25, 0.3) is 16.9 Å². The molecule has 0 bridgehead atoms. The van der Waals surface area contributed by atoms with Crippen LogP contribution in [0.5, 0.6) is 5.75 Å². The van der Waals surface area contributed by atoms with Crippen molar-refractivity contribution in [2.75, 3.05) is 33.3 Å². The number of benzene rings is 2. The van der Waals surface area contributed by atoms with Crippen molar-refractivity contribution < 1.29 is 22.7 Å². The topological polar surface area (TPSA) is 63.0 Å². The van der Waals surface area contributed by atoms with Crippen LogP contribution in [-0.2, 0) is 12.7 Å². The van der Waals surface area contributed by atoms with Crippen LogP contribution < -0.4 is 4.74 Å². The number of halogens is 5. The van der Waals surface area contributed by atoms with E-state index in [1.165, 1.54) is 7.11 Å². The molecule has 7 nitrogen and oxygen atoms in total. The molecule has 1 saturated heterocycles. The largest absolute Gasteiger partial charge is 0.497 e. The van der Waals surface area contributed by atoms with Crippen molar-refractivity contribution in [2.45, 2.75) is 12.7 Å². The zero-order valence-corrected chi connectivity index (χ0v) is 21.7. The van der Waals surface area contributed by atoms with Gasteiger partial charge in [0, 0.05) is 38.3 Å². The number of aromatic nitrogens is 3. The summed E-state index contributed by atoms with van der Waals surface area (Å²) in [5.74, 6) is 0.145. The summed E-state index contributed by atoms with van der Waals surface area (Å²) in [5, 5.41) is 4.84. The highest BCUT2D eigenvalue weighted by Crippen LogP contribution is 2.33. The van der Waals surface area contributed by atoms with Gasteiger partial charge < -0.3 is 9.64 Å². The summed E-state index contributed by atoms with van der Waals surface area (Å²) in [5.41, 5.74) is 0.385. The highest BCUT2D eigenvalue weighted by atomic mass is 35.5. The van der Waals surface area contributed by atoms with Gasteiger partial charge in [-0.15, -0.1) is 0 Å². The fraction of sp³-hybridized carbons (Fsp3) is 0.269. The molecule has 0 spiro atoms. The molecule has 12 heteroatoms. The number of ether oxygens (including phenoxy) is 1. The lowest BCUT2D eigenvalue weighted by atomic mass is 10.1. The molecular weight excluding hydrogens is 542 g/mol. The van der Waals surface area contributed by atoms with Crippen LogP contribution in [0.1, 0.15) is 21.6 Å². The van der Waals surface area contributed by atoms with Crippen LogP contribution in [0.3, 0.4) is 0 Å². The standard InChI is InChI=1S/C26H22Cl2F3N5O2/c1-38-18-5-3-17(4-6-18)22-13-23(26(29,30)31)36-24(33-22)19(14-32-36)25(37)35-10-8-34(9-11-35)15-16-2-7-20(27)21(28)12-16/h2-7,12-14H,8-11,15H2,1H3. The van der Waals surface area contributed by atoms with E-state index in [1.54, 1.807) is 35.2 Å². The van der Waals surface area contributed by atoms with Gasteiger partial charge in [0.2, 0.25) is 0 Å². The summed E-state index contributed by atoms with van der Waals surface area (Å²) in [6.07, 6.45) is -3.55. The Morgan fingerprint density at radius 1 is 1.00 bits per heavy atom. The van der Waals surface area contributed by atoms with E-state index in [4.69, 9.17) is 27.9 Å². The number of hydrogen-bond acceptors (Lipinski definition) is 5. The number of carbonyl (C=O) groups is 1. The van der Waals surface area contributed by atoms with Crippen LogP contribution >= 0.6 is 23.2 Å². The average molecular weight is 564 g/mol. The molecule has 2 aromatic heterocycles. The Kier molecular flexibility index (Phi) is 7.21. The Morgan fingerprint density at radius 3 is 2.34 bits per heavy atom. The van der Waals surface area contributed by atoms with E-state index in [2.05, 4.69) is 15.0 Å². The van der Waals surface area contributed by atoms with Crippen molar-refractivity contribution in [1.29, 1.82) is 0 Å². The van der Waals surface area contributed by atoms with E-state index < -0.39 is 17.8 Å². The molecule has 3 heterocycles. The summed E-state index contributed by atoms with van der Waals surface area (Å²) in [6, 6.07) is 12.9. The van der Waals surface area contributed by atoms with E-state index >= 15 is 0 Å². The average Bonchev–Trinajstić information content (AvgIpc) is 3.33. The first-order valence-electron chi connectivity index (χ1n) is 11.7. The maximum Gasteiger partial charge on any atom is 0.433 e. The number of methoxy groups -OCH3 is 1. The Hall–Kier alpha value is -3.34. The Bertz CT molecular complexity index is 1480. The van der Waals surface area contributed by atoms with Crippen LogP contribution in [0, 0.1) is 0 Å². The van der Waals surface area contributed by atoms with Crippen molar-refractivity contribution in [3.8, 4) is 17.0 Å². The molecular formula is C26H22Cl2F3N5O2. The molecule has 0 saturated carbocycles. The normalized spacial score (nSPS) is 14.7. The molecule has 0 aliphatic carbocycles. The minimum atomic E-state index is -4.70. The predicted octanol–water partition coefficient (Wildman–Crippen LogP) is 5.69. The molecule has 2 aromatic carbocycles. The minimum Gasteiger partial charge on any atom is -0.497 e. The van der Waals surface area contributed by atoms with Gasteiger partial charge in [-0.3, -0.25) is 9.69 Å². The zero-order valence-electron chi connectivity index (χ0n) is 20.2. The first-order chi connectivity index (χ1) is 18.1. The molecule has 0 radical (unpaired) electrons. The number of piperazine rings is 1. The third-order valence-corrected chi connectivity index (χ3v) is 7.17. The molecule has 1 aliphatic heterocycles. The Balaban J connectivity index is 1.39. The minimum absolute atomic E-state index is 0.0174. The SMILES string of the molecule is COc1ccc(-c2cc(C(F)(F)F)n3ncc(C(=O)N4CCN(Cc5ccc(Cl)c(Cl)c5)CC4)c3n2)cc1. The monoisotopic (exact) mass is 563 g/mol. The van der Waals surface area contributed by atoms with E-state index in [-0.39, 0.29) is 16.9 Å². The lowest BCUT2D eigenvalue weighted by molar-refractivity contribution is -0.142. The quantitative estimate of drug-likeness (QED) is 0.312. The number of fused-ring (bicyclic) bond motifs is 1. The molecule has 198 valence electrons. The smallest absolute Gasteiger partial charge is 0.433 e. The summed E-state index contributed by atoms with van der Waals surface area (Å²) in [4.78, 5) is 21.6. The molecule has 1 aliphatic rings. The van der Waals surface area contributed by atoms with Crippen molar-refractivity contribution in [2.24, 2.45) is 0 Å². The molecule has 4 aromatic rings. The summed E-state index contributed by atoms with van der Waals surface area (Å²) in [7, 11) is 1.50. The number of carbonyl (C=O) groups excluding carboxylic acids is 1. The highest BCUT2D eigenvalue weighted by molar-refractivity contribution is 6.42. The van der Waals surface area contributed by atoms with Crippen molar-refractivity contribution in [3.05, 3.63) is 81.6 Å². The molecule has 0 unspecified atom stereocenters. The first kappa shape index (κ1) is 26.3. The lowest BCUT2D eigenvalue weighted by Crippen LogP contribution is -2.48. The van der Waals surface area contributed by atoms with Crippen molar-refractivity contribution in [1.82, 2.24) is 24.4 Å². The van der Waals surface area contributed by atoms with Gasteiger partial charge in [0.25, 0.3) is 5.91 Å². The molecule has 38 heavy (non-hydrogen) atoms. The molecule has 0 atom stereocenters. The van der Waals surface area contributed by atoms with Gasteiger partial charge in [-0.05, 0) is 48.0 Å². The highest BCUT2D eigenvalue weighted by Gasteiger charge is 2.36. The maximum absolute atomic E-state index is 13.9. The lowest BCUT2D eigenvalue weighted by Gasteiger charge is -2.34. The number of alkyl halides is 3. The Morgan fingerprint density at radius 2 is 1.71 bits per heavy atom. The number of hydrogen-bond donors (Lipinski definition) is 0. The van der Waals surface area contributed by atoms with Gasteiger partial charge in [-0.1, -0.05) is 29.3 Å². The first-order valence-corrected chi connectivity index (χ1v) is 12.5. The number of nitrogens with zero attached hydrogens (tertiary/aromatic N) is 5. The van der Waals surface area contributed by atoms with Gasteiger partial charge in [0.1, 0.15) is 11.3 Å². The van der Waals surface area contributed by atoms with Crippen LogP contribution in [-0.4, -0.2) is 63.6 Å². The fourth-order valence-electron chi connectivity index (χ4n) is 4.40. The van der Waals surface area contributed by atoms with Gasteiger partial charge in [-0.25, -0.2) is 9.50 Å². The second-order valence-electron chi connectivity index (χ2n) is 8.86. The summed E-state index contributed by atoms with van der Waals surface area (Å²) < 4.78 is 47.6. The summed E-state index contributed by atoms with van der Waals surface area (Å²) >= 11 is 12.1. The second kappa shape index (κ2) is 10.4. The maximum atomic E-state index is 13.9. The van der Waals surface area contributed by atoms with Crippen LogP contribution in [0.4, 0.5) is 13.2 Å². The zero-order chi connectivity index (χ0) is 27.0. The van der Waals surface area contributed by atoms with Crippen LogP contribution in [0.2, 0.25) is 10.0 Å². The molecule has 1 amide bonds. The van der Waals surface area contributed by atoms with Crippen molar-refractivity contribution in [3.63, 3.8) is 0 Å². The molecule has 1 fully saturated rings. The van der Waals surface area contributed by atoms with E-state index in [0.29, 0.717) is 58.6 Å². The van der Waals surface area contributed by atoms with E-state index in [0.717, 1.165) is 17.8 Å². The van der Waals surface area contributed by atoms with Gasteiger partial charge in [-0.2, -0.15) is 18.3 Å². The number of rotatable bonds is 5. The fourth-order valence-corrected chi connectivity index (χ4v) is 4.72. The van der Waals surface area contributed by atoms with Crippen molar-refractivity contribution >= 4 is 34.8 Å². The third kappa shape index (κ3) is 5.29. The van der Waals surface area contributed by atoms with Gasteiger partial charge in [0.05, 0.1) is 29.0 Å². The molecule has 0 N–H and O–H groups in total.